The van der Waals surface area contributed by atoms with E-state index in [1.165, 1.54) is 5.56 Å². The second-order valence-electron chi connectivity index (χ2n) is 4.71. The van der Waals surface area contributed by atoms with E-state index in [0.29, 0.717) is 6.54 Å². The third kappa shape index (κ3) is 3.62. The first-order chi connectivity index (χ1) is 8.69. The van der Waals surface area contributed by atoms with Crippen LogP contribution in [0.4, 0.5) is 0 Å². The zero-order valence-corrected chi connectivity index (χ0v) is 11.4. The Morgan fingerprint density at radius 1 is 1.39 bits per heavy atom. The van der Waals surface area contributed by atoms with Crippen LogP contribution in [0.25, 0.3) is 0 Å². The first-order valence-corrected chi connectivity index (χ1v) is 7.64. The lowest BCUT2D eigenvalue weighted by Gasteiger charge is -2.15. The number of rotatable bonds is 5. The first kappa shape index (κ1) is 13.7. The minimum Gasteiger partial charge on any atom is -0.330 e. The summed E-state index contributed by atoms with van der Waals surface area (Å²) < 4.78 is 16.6. The molecule has 5 heteroatoms. The van der Waals surface area contributed by atoms with Gasteiger partial charge in [0.1, 0.15) is 0 Å². The van der Waals surface area contributed by atoms with Gasteiger partial charge in [0.15, 0.2) is 11.1 Å². The van der Waals surface area contributed by atoms with E-state index in [1.807, 2.05) is 18.2 Å². The van der Waals surface area contributed by atoms with Crippen molar-refractivity contribution in [1.29, 1.82) is 0 Å². The lowest BCUT2D eigenvalue weighted by Crippen LogP contribution is -2.29. The molecule has 0 aliphatic carbocycles. The second kappa shape index (κ2) is 6.43. The third-order valence-corrected chi connectivity index (χ3v) is 3.79. The molecule has 3 atom stereocenters. The molecule has 0 spiro atoms. The summed E-state index contributed by atoms with van der Waals surface area (Å²) in [5.74, 6) is 0.276. The van der Waals surface area contributed by atoms with E-state index in [-0.39, 0.29) is 12.0 Å². The lowest BCUT2D eigenvalue weighted by molar-refractivity contribution is 0.191. The average Bonchev–Trinajstić information content (AvgIpc) is 2.71. The lowest BCUT2D eigenvalue weighted by atomic mass is 10.1. The van der Waals surface area contributed by atoms with Crippen LogP contribution in [0.5, 0.6) is 0 Å². The molecule has 0 aromatic heterocycles. The van der Waals surface area contributed by atoms with Gasteiger partial charge >= 0.3 is 0 Å². The summed E-state index contributed by atoms with van der Waals surface area (Å²) in [5.41, 5.74) is 7.03. The van der Waals surface area contributed by atoms with Crippen LogP contribution in [0.15, 0.2) is 30.3 Å². The van der Waals surface area contributed by atoms with Gasteiger partial charge in [-0.25, -0.2) is 4.21 Å². The molecular weight excluding hydrogens is 248 g/mol. The SMILES string of the molecule is CS(=O)O[C@@H]1CN(Cc2ccccc2)C[C@H]1CN. The first-order valence-electron chi connectivity index (χ1n) is 6.16. The molecule has 1 heterocycles. The van der Waals surface area contributed by atoms with Crippen LogP contribution >= 0.6 is 0 Å². The molecule has 2 N–H and O–H groups in total. The fourth-order valence-electron chi connectivity index (χ4n) is 2.41. The number of nitrogens with zero attached hydrogens (tertiary/aromatic N) is 1. The van der Waals surface area contributed by atoms with Crippen LogP contribution in [0.3, 0.4) is 0 Å². The molecule has 1 aliphatic rings. The predicted octanol–water partition coefficient (Wildman–Crippen LogP) is 0.756. The Hall–Kier alpha value is -0.750. The third-order valence-electron chi connectivity index (χ3n) is 3.27. The summed E-state index contributed by atoms with van der Waals surface area (Å²) in [5, 5.41) is 0. The highest BCUT2D eigenvalue weighted by atomic mass is 32.2. The van der Waals surface area contributed by atoms with Gasteiger partial charge in [0, 0.05) is 31.8 Å². The summed E-state index contributed by atoms with van der Waals surface area (Å²) in [4.78, 5) is 2.31. The Kier molecular flexibility index (Phi) is 4.88. The predicted molar refractivity (Wildman–Crippen MR) is 73.2 cm³/mol. The average molecular weight is 268 g/mol. The normalized spacial score (nSPS) is 26.3. The molecule has 2 rings (SSSR count). The van der Waals surface area contributed by atoms with Crippen molar-refractivity contribution in [1.82, 2.24) is 4.90 Å². The molecule has 100 valence electrons. The molecule has 1 unspecified atom stereocenters. The highest BCUT2D eigenvalue weighted by molar-refractivity contribution is 7.79. The maximum absolute atomic E-state index is 11.2. The van der Waals surface area contributed by atoms with Gasteiger partial charge in [0.2, 0.25) is 0 Å². The molecule has 0 amide bonds. The van der Waals surface area contributed by atoms with Crippen molar-refractivity contribution in [3.8, 4) is 0 Å². The maximum Gasteiger partial charge on any atom is 0.152 e. The molecule has 4 nitrogen and oxygen atoms in total. The van der Waals surface area contributed by atoms with Crippen molar-refractivity contribution in [2.24, 2.45) is 11.7 Å². The van der Waals surface area contributed by atoms with E-state index in [2.05, 4.69) is 17.0 Å². The molecular formula is C13H20N2O2S. The number of benzene rings is 1. The molecule has 0 bridgehead atoms. The number of hydrogen-bond acceptors (Lipinski definition) is 4. The van der Waals surface area contributed by atoms with Crippen molar-refractivity contribution < 1.29 is 8.39 Å². The number of nitrogens with two attached hydrogens (primary N) is 1. The van der Waals surface area contributed by atoms with Gasteiger partial charge in [-0.15, -0.1) is 0 Å². The fourth-order valence-corrected chi connectivity index (χ4v) is 2.97. The van der Waals surface area contributed by atoms with E-state index in [1.54, 1.807) is 6.26 Å². The summed E-state index contributed by atoms with van der Waals surface area (Å²) in [6, 6.07) is 10.3. The molecule has 1 saturated heterocycles. The minimum atomic E-state index is -1.22. The monoisotopic (exact) mass is 268 g/mol. The molecule has 0 radical (unpaired) electrons. The Bertz CT molecular complexity index is 399. The number of likely N-dealkylation sites (tertiary alicyclic amines) is 1. The highest BCUT2D eigenvalue weighted by Crippen LogP contribution is 2.21. The van der Waals surface area contributed by atoms with Crippen LogP contribution < -0.4 is 5.73 Å². The quantitative estimate of drug-likeness (QED) is 0.856. The summed E-state index contributed by atoms with van der Waals surface area (Å²) in [7, 11) is 0. The zero-order valence-electron chi connectivity index (χ0n) is 10.6. The van der Waals surface area contributed by atoms with Crippen molar-refractivity contribution in [2.45, 2.75) is 12.6 Å². The van der Waals surface area contributed by atoms with E-state index in [0.717, 1.165) is 19.6 Å². The second-order valence-corrected chi connectivity index (χ2v) is 5.71. The molecule has 0 saturated carbocycles. The Labute approximate surface area is 111 Å². The van der Waals surface area contributed by atoms with Gasteiger partial charge in [-0.2, -0.15) is 0 Å². The zero-order chi connectivity index (χ0) is 13.0. The van der Waals surface area contributed by atoms with Gasteiger partial charge in [-0.3, -0.25) is 9.08 Å². The number of hydrogen-bond donors (Lipinski definition) is 1. The molecule has 1 aliphatic heterocycles. The van der Waals surface area contributed by atoms with E-state index >= 15 is 0 Å². The van der Waals surface area contributed by atoms with Gasteiger partial charge in [0.05, 0.1) is 6.10 Å². The Morgan fingerprint density at radius 2 is 2.11 bits per heavy atom. The molecule has 1 fully saturated rings. The van der Waals surface area contributed by atoms with E-state index < -0.39 is 11.1 Å². The highest BCUT2D eigenvalue weighted by Gasteiger charge is 2.33. The summed E-state index contributed by atoms with van der Waals surface area (Å²) in [6.45, 7) is 3.18. The molecule has 1 aromatic carbocycles. The minimum absolute atomic E-state index is 0.00968. The van der Waals surface area contributed by atoms with Crippen LogP contribution in [0.1, 0.15) is 5.56 Å². The van der Waals surface area contributed by atoms with Crippen LogP contribution in [-0.2, 0) is 21.8 Å². The Morgan fingerprint density at radius 3 is 2.72 bits per heavy atom. The topological polar surface area (TPSA) is 55.6 Å². The smallest absolute Gasteiger partial charge is 0.152 e. The van der Waals surface area contributed by atoms with Crippen molar-refractivity contribution in [2.75, 3.05) is 25.9 Å². The standard InChI is InChI=1S/C13H20N2O2S/c1-18(16)17-13-10-15(9-12(13)7-14)8-11-5-3-2-4-6-11/h2-6,12-13H,7-10,14H2,1H3/t12-,13-,18?/m1/s1. The van der Waals surface area contributed by atoms with E-state index in [4.69, 9.17) is 9.92 Å². The molecule has 1 aromatic rings. The van der Waals surface area contributed by atoms with Crippen molar-refractivity contribution >= 4 is 11.1 Å². The van der Waals surface area contributed by atoms with Gasteiger partial charge in [-0.1, -0.05) is 30.3 Å². The van der Waals surface area contributed by atoms with Crippen LogP contribution in [0.2, 0.25) is 0 Å². The van der Waals surface area contributed by atoms with Crippen molar-refractivity contribution in [3.05, 3.63) is 35.9 Å². The maximum atomic E-state index is 11.2. The van der Waals surface area contributed by atoms with Gasteiger partial charge < -0.3 is 5.73 Å². The van der Waals surface area contributed by atoms with Gasteiger partial charge in [0.25, 0.3) is 0 Å². The summed E-state index contributed by atoms with van der Waals surface area (Å²) >= 11 is -1.22. The largest absolute Gasteiger partial charge is 0.330 e. The van der Waals surface area contributed by atoms with Crippen LogP contribution in [-0.4, -0.2) is 41.1 Å². The molecule has 18 heavy (non-hydrogen) atoms. The summed E-state index contributed by atoms with van der Waals surface area (Å²) in [6.07, 6.45) is 1.55. The fraction of sp³-hybridized carbons (Fsp3) is 0.538. The van der Waals surface area contributed by atoms with Crippen molar-refractivity contribution in [3.63, 3.8) is 0 Å². The Balaban J connectivity index is 1.94. The van der Waals surface area contributed by atoms with E-state index in [9.17, 15) is 4.21 Å². The van der Waals surface area contributed by atoms with Gasteiger partial charge in [-0.05, 0) is 12.1 Å². The van der Waals surface area contributed by atoms with Crippen LogP contribution in [0, 0.1) is 5.92 Å².